The van der Waals surface area contributed by atoms with E-state index in [-0.39, 0.29) is 5.78 Å². The molecule has 0 saturated carbocycles. The third-order valence-corrected chi connectivity index (χ3v) is 4.26. The van der Waals surface area contributed by atoms with Crippen molar-refractivity contribution in [3.8, 4) is 11.5 Å². The van der Waals surface area contributed by atoms with E-state index in [4.69, 9.17) is 4.74 Å². The minimum absolute atomic E-state index is 0.0507. The molecule has 0 amide bonds. The predicted octanol–water partition coefficient (Wildman–Crippen LogP) is 4.93. The molecule has 0 N–H and O–H groups in total. The molecule has 20 heavy (non-hydrogen) atoms. The van der Waals surface area contributed by atoms with Crippen LogP contribution in [0.25, 0.3) is 0 Å². The zero-order valence-electron chi connectivity index (χ0n) is 11.3. The van der Waals surface area contributed by atoms with E-state index >= 15 is 0 Å². The largest absolute Gasteiger partial charge is 0.456 e. The molecule has 0 radical (unpaired) electrons. The minimum Gasteiger partial charge on any atom is -0.456 e. The van der Waals surface area contributed by atoms with Crippen molar-refractivity contribution in [1.29, 1.82) is 0 Å². The number of fused-ring (bicyclic) bond motifs is 1. The van der Waals surface area contributed by atoms with Crippen molar-refractivity contribution in [1.82, 2.24) is 0 Å². The van der Waals surface area contributed by atoms with E-state index in [2.05, 4.69) is 28.1 Å². The SMILES string of the molecule is CC(=O)c1ccc(Oc2ccc3c(c2)CCC3)c(Br)c1. The molecule has 102 valence electrons. The molecular formula is C17H15BrO2. The van der Waals surface area contributed by atoms with Crippen LogP contribution in [0.15, 0.2) is 40.9 Å². The molecule has 2 aromatic rings. The number of benzene rings is 2. The fraction of sp³-hybridized carbons (Fsp3) is 0.235. The van der Waals surface area contributed by atoms with E-state index in [0.717, 1.165) is 22.4 Å². The van der Waals surface area contributed by atoms with Gasteiger partial charge in [0.1, 0.15) is 11.5 Å². The Morgan fingerprint density at radius 1 is 1.10 bits per heavy atom. The molecule has 0 unspecified atom stereocenters. The van der Waals surface area contributed by atoms with Crippen LogP contribution in [0.5, 0.6) is 11.5 Å². The smallest absolute Gasteiger partial charge is 0.159 e. The summed E-state index contributed by atoms with van der Waals surface area (Å²) in [6, 6.07) is 11.7. The molecule has 0 atom stereocenters. The number of Topliss-reactive ketones (excluding diaryl/α,β-unsaturated/α-hetero) is 1. The van der Waals surface area contributed by atoms with Crippen molar-refractivity contribution >= 4 is 21.7 Å². The Labute approximate surface area is 126 Å². The van der Waals surface area contributed by atoms with Crippen molar-refractivity contribution < 1.29 is 9.53 Å². The van der Waals surface area contributed by atoms with Crippen LogP contribution in [0, 0.1) is 0 Å². The average Bonchev–Trinajstić information content (AvgIpc) is 2.88. The van der Waals surface area contributed by atoms with Crippen molar-refractivity contribution in [2.45, 2.75) is 26.2 Å². The van der Waals surface area contributed by atoms with Gasteiger partial charge in [0, 0.05) is 5.56 Å². The van der Waals surface area contributed by atoms with Gasteiger partial charge in [0.25, 0.3) is 0 Å². The van der Waals surface area contributed by atoms with Crippen LogP contribution >= 0.6 is 15.9 Å². The lowest BCUT2D eigenvalue weighted by Crippen LogP contribution is -1.93. The topological polar surface area (TPSA) is 26.3 Å². The maximum Gasteiger partial charge on any atom is 0.159 e. The summed E-state index contributed by atoms with van der Waals surface area (Å²) >= 11 is 3.46. The van der Waals surface area contributed by atoms with Crippen LogP contribution in [0.3, 0.4) is 0 Å². The third-order valence-electron chi connectivity index (χ3n) is 3.64. The van der Waals surface area contributed by atoms with Crippen LogP contribution in [0.4, 0.5) is 0 Å². The first-order chi connectivity index (χ1) is 9.63. The molecule has 2 aromatic carbocycles. The van der Waals surface area contributed by atoms with Crippen molar-refractivity contribution in [3.63, 3.8) is 0 Å². The molecular weight excluding hydrogens is 316 g/mol. The van der Waals surface area contributed by atoms with Crippen LogP contribution in [0.1, 0.15) is 34.8 Å². The highest BCUT2D eigenvalue weighted by atomic mass is 79.9. The molecule has 0 bridgehead atoms. The lowest BCUT2D eigenvalue weighted by atomic mass is 10.1. The first-order valence-corrected chi connectivity index (χ1v) is 7.53. The number of aryl methyl sites for hydroxylation is 2. The summed E-state index contributed by atoms with van der Waals surface area (Å²) in [6.45, 7) is 1.56. The Balaban J connectivity index is 1.86. The number of carbonyl (C=O) groups is 1. The van der Waals surface area contributed by atoms with Gasteiger partial charge in [-0.2, -0.15) is 0 Å². The highest BCUT2D eigenvalue weighted by Crippen LogP contribution is 2.33. The maximum absolute atomic E-state index is 11.3. The lowest BCUT2D eigenvalue weighted by Gasteiger charge is -2.10. The predicted molar refractivity (Wildman–Crippen MR) is 82.7 cm³/mol. The summed E-state index contributed by atoms with van der Waals surface area (Å²) in [6.07, 6.45) is 3.54. The van der Waals surface area contributed by atoms with Crippen LogP contribution in [0.2, 0.25) is 0 Å². The molecule has 1 aliphatic rings. The molecule has 3 rings (SSSR count). The molecule has 0 saturated heterocycles. The highest BCUT2D eigenvalue weighted by molar-refractivity contribution is 9.10. The van der Waals surface area contributed by atoms with Gasteiger partial charge in [0.05, 0.1) is 4.47 Å². The monoisotopic (exact) mass is 330 g/mol. The number of carbonyl (C=O) groups excluding carboxylic acids is 1. The number of hydrogen-bond donors (Lipinski definition) is 0. The standard InChI is InChI=1S/C17H15BrO2/c1-11(19)13-6-8-17(16(18)10-13)20-15-7-5-12-3-2-4-14(12)9-15/h5-10H,2-4H2,1H3. The zero-order chi connectivity index (χ0) is 14.1. The number of halogens is 1. The lowest BCUT2D eigenvalue weighted by molar-refractivity contribution is 0.101. The number of hydrogen-bond acceptors (Lipinski definition) is 2. The zero-order valence-corrected chi connectivity index (χ0v) is 12.9. The quantitative estimate of drug-likeness (QED) is 0.745. The van der Waals surface area contributed by atoms with Gasteiger partial charge in [-0.05, 0) is 83.6 Å². The Kier molecular flexibility index (Phi) is 3.62. The van der Waals surface area contributed by atoms with Gasteiger partial charge < -0.3 is 4.74 Å². The second-order valence-electron chi connectivity index (χ2n) is 5.09. The van der Waals surface area contributed by atoms with Gasteiger partial charge in [-0.15, -0.1) is 0 Å². The third kappa shape index (κ3) is 2.63. The Morgan fingerprint density at radius 3 is 2.65 bits per heavy atom. The van der Waals surface area contributed by atoms with Gasteiger partial charge in [-0.25, -0.2) is 0 Å². The Hall–Kier alpha value is -1.61. The van der Waals surface area contributed by atoms with E-state index in [1.807, 2.05) is 12.1 Å². The van der Waals surface area contributed by atoms with Gasteiger partial charge in [0.15, 0.2) is 5.78 Å². The van der Waals surface area contributed by atoms with E-state index < -0.39 is 0 Å². The molecule has 0 heterocycles. The molecule has 0 fully saturated rings. The van der Waals surface area contributed by atoms with Gasteiger partial charge >= 0.3 is 0 Å². The summed E-state index contributed by atoms with van der Waals surface area (Å²) in [5, 5.41) is 0. The van der Waals surface area contributed by atoms with Crippen molar-refractivity contribution in [2.24, 2.45) is 0 Å². The summed E-state index contributed by atoms with van der Waals surface area (Å²) < 4.78 is 6.71. The molecule has 3 heteroatoms. The molecule has 0 spiro atoms. The Bertz CT molecular complexity index is 677. The summed E-state index contributed by atoms with van der Waals surface area (Å²) in [5.74, 6) is 1.63. The summed E-state index contributed by atoms with van der Waals surface area (Å²) in [5.41, 5.74) is 3.50. The molecule has 2 nitrogen and oxygen atoms in total. The molecule has 0 aromatic heterocycles. The first kappa shape index (κ1) is 13.4. The van der Waals surface area contributed by atoms with Crippen molar-refractivity contribution in [3.05, 3.63) is 57.6 Å². The van der Waals surface area contributed by atoms with E-state index in [9.17, 15) is 4.79 Å². The number of ether oxygens (including phenoxy) is 1. The fourth-order valence-corrected chi connectivity index (χ4v) is 3.00. The second-order valence-corrected chi connectivity index (χ2v) is 5.94. The number of ketones is 1. The average molecular weight is 331 g/mol. The van der Waals surface area contributed by atoms with Crippen LogP contribution < -0.4 is 4.74 Å². The molecule has 1 aliphatic carbocycles. The Morgan fingerprint density at radius 2 is 1.90 bits per heavy atom. The van der Waals surface area contributed by atoms with E-state index in [0.29, 0.717) is 5.56 Å². The molecule has 0 aliphatic heterocycles. The van der Waals surface area contributed by atoms with Gasteiger partial charge in [-0.3, -0.25) is 4.79 Å². The van der Waals surface area contributed by atoms with E-state index in [1.165, 1.54) is 24.0 Å². The van der Waals surface area contributed by atoms with Crippen LogP contribution in [-0.4, -0.2) is 5.78 Å². The maximum atomic E-state index is 11.3. The van der Waals surface area contributed by atoms with Gasteiger partial charge in [0.2, 0.25) is 0 Å². The van der Waals surface area contributed by atoms with Crippen molar-refractivity contribution in [2.75, 3.05) is 0 Å². The normalized spacial score (nSPS) is 13.1. The van der Waals surface area contributed by atoms with Crippen LogP contribution in [-0.2, 0) is 12.8 Å². The second kappa shape index (κ2) is 5.41. The highest BCUT2D eigenvalue weighted by Gasteiger charge is 2.12. The van der Waals surface area contributed by atoms with E-state index in [1.54, 1.807) is 19.1 Å². The van der Waals surface area contributed by atoms with Gasteiger partial charge in [-0.1, -0.05) is 6.07 Å². The fourth-order valence-electron chi connectivity index (χ4n) is 2.54. The summed E-state index contributed by atoms with van der Waals surface area (Å²) in [7, 11) is 0. The number of rotatable bonds is 3. The minimum atomic E-state index is 0.0507. The summed E-state index contributed by atoms with van der Waals surface area (Å²) in [4.78, 5) is 11.3. The first-order valence-electron chi connectivity index (χ1n) is 6.73.